The van der Waals surface area contributed by atoms with Gasteiger partial charge in [0.15, 0.2) is 0 Å². The summed E-state index contributed by atoms with van der Waals surface area (Å²) in [5, 5.41) is 0. The van der Waals surface area contributed by atoms with Crippen LogP contribution in [0.5, 0.6) is 0 Å². The first-order chi connectivity index (χ1) is 11.3. The molecule has 3 heterocycles. The number of rotatable bonds is 4. The number of aromatic nitrogens is 1. The number of hydrogen-bond acceptors (Lipinski definition) is 5. The second-order valence-electron chi connectivity index (χ2n) is 5.97. The Kier molecular flexibility index (Phi) is 5.07. The fourth-order valence-electron chi connectivity index (χ4n) is 3.04. The number of piperazine rings is 2. The summed E-state index contributed by atoms with van der Waals surface area (Å²) in [5.41, 5.74) is 0. The van der Waals surface area contributed by atoms with E-state index in [1.54, 1.807) is 4.90 Å². The van der Waals surface area contributed by atoms with E-state index in [9.17, 15) is 9.59 Å². The molecule has 0 spiro atoms. The minimum Gasteiger partial charge on any atom is -0.354 e. The lowest BCUT2D eigenvalue weighted by molar-refractivity contribution is -0.136. The Balaban J connectivity index is 1.44. The molecule has 0 atom stereocenters. The van der Waals surface area contributed by atoms with Crippen molar-refractivity contribution in [1.82, 2.24) is 19.7 Å². The molecule has 7 nitrogen and oxygen atoms in total. The van der Waals surface area contributed by atoms with Crippen molar-refractivity contribution in [3.63, 3.8) is 0 Å². The zero-order valence-corrected chi connectivity index (χ0v) is 13.3. The molecule has 0 aromatic carbocycles. The van der Waals surface area contributed by atoms with Crippen LogP contribution in [0.2, 0.25) is 0 Å². The molecule has 1 aromatic heterocycles. The fourth-order valence-corrected chi connectivity index (χ4v) is 3.04. The summed E-state index contributed by atoms with van der Waals surface area (Å²) in [6, 6.07) is 5.94. The summed E-state index contributed by atoms with van der Waals surface area (Å²) in [5.74, 6) is 1.17. The summed E-state index contributed by atoms with van der Waals surface area (Å²) in [4.78, 5) is 35.5. The molecule has 2 saturated heterocycles. The van der Waals surface area contributed by atoms with Gasteiger partial charge in [0.05, 0.1) is 6.54 Å². The van der Waals surface area contributed by atoms with E-state index in [4.69, 9.17) is 0 Å². The number of carbonyl (C=O) groups excluding carboxylic acids is 2. The highest BCUT2D eigenvalue weighted by Gasteiger charge is 2.24. The van der Waals surface area contributed by atoms with Crippen LogP contribution in [0, 0.1) is 0 Å². The molecule has 2 aliphatic rings. The topological polar surface area (TPSA) is 60.0 Å². The molecule has 23 heavy (non-hydrogen) atoms. The van der Waals surface area contributed by atoms with Gasteiger partial charge < -0.3 is 14.7 Å². The smallest absolute Gasteiger partial charge is 0.236 e. The summed E-state index contributed by atoms with van der Waals surface area (Å²) in [7, 11) is 0. The second-order valence-corrected chi connectivity index (χ2v) is 5.97. The lowest BCUT2D eigenvalue weighted by Crippen LogP contribution is -2.53. The maximum Gasteiger partial charge on any atom is 0.236 e. The van der Waals surface area contributed by atoms with Gasteiger partial charge >= 0.3 is 0 Å². The summed E-state index contributed by atoms with van der Waals surface area (Å²) in [6.45, 7) is 6.57. The standard InChI is InChI=1S/C16H23N5O2/c22-14-19-7-11-21(12-8-19)16(23)13-18-5-9-20(10-6-18)15-3-1-2-4-17-15/h1-4,14H,5-13H2. The molecular formula is C16H23N5O2. The van der Waals surface area contributed by atoms with Gasteiger partial charge in [0.2, 0.25) is 12.3 Å². The molecule has 2 amide bonds. The Morgan fingerprint density at radius 1 is 1.04 bits per heavy atom. The number of carbonyl (C=O) groups is 2. The molecule has 0 N–H and O–H groups in total. The van der Waals surface area contributed by atoms with Crippen LogP contribution < -0.4 is 4.90 Å². The highest BCUT2D eigenvalue weighted by molar-refractivity contribution is 5.78. The Labute approximate surface area is 136 Å². The number of hydrogen-bond donors (Lipinski definition) is 0. The summed E-state index contributed by atoms with van der Waals surface area (Å²) < 4.78 is 0. The average molecular weight is 317 g/mol. The van der Waals surface area contributed by atoms with Gasteiger partial charge in [0, 0.05) is 58.6 Å². The quantitative estimate of drug-likeness (QED) is 0.701. The Bertz CT molecular complexity index is 523. The normalized spacial score (nSPS) is 19.7. The predicted octanol–water partition coefficient (Wildman–Crippen LogP) is -0.496. The maximum absolute atomic E-state index is 12.4. The summed E-state index contributed by atoms with van der Waals surface area (Å²) in [6.07, 6.45) is 2.67. The van der Waals surface area contributed by atoms with Crippen molar-refractivity contribution in [2.24, 2.45) is 0 Å². The van der Waals surface area contributed by atoms with E-state index in [1.807, 2.05) is 29.3 Å². The van der Waals surface area contributed by atoms with Crippen molar-refractivity contribution < 1.29 is 9.59 Å². The Hall–Kier alpha value is -2.15. The highest BCUT2D eigenvalue weighted by Crippen LogP contribution is 2.12. The zero-order chi connectivity index (χ0) is 16.1. The highest BCUT2D eigenvalue weighted by atomic mass is 16.2. The van der Waals surface area contributed by atoms with Crippen molar-refractivity contribution in [3.8, 4) is 0 Å². The van der Waals surface area contributed by atoms with Gasteiger partial charge in [-0.1, -0.05) is 6.07 Å². The van der Waals surface area contributed by atoms with Crippen LogP contribution in [-0.4, -0.2) is 90.9 Å². The lowest BCUT2D eigenvalue weighted by Gasteiger charge is -2.37. The Morgan fingerprint density at radius 2 is 1.78 bits per heavy atom. The van der Waals surface area contributed by atoms with E-state index >= 15 is 0 Å². The maximum atomic E-state index is 12.4. The fraction of sp³-hybridized carbons (Fsp3) is 0.562. The van der Waals surface area contributed by atoms with E-state index in [2.05, 4.69) is 14.8 Å². The largest absolute Gasteiger partial charge is 0.354 e. The van der Waals surface area contributed by atoms with Crippen molar-refractivity contribution in [2.75, 3.05) is 63.8 Å². The molecular weight excluding hydrogens is 294 g/mol. The molecule has 0 aliphatic carbocycles. The predicted molar refractivity (Wildman–Crippen MR) is 87.1 cm³/mol. The third kappa shape index (κ3) is 3.98. The van der Waals surface area contributed by atoms with Gasteiger partial charge in [-0.15, -0.1) is 0 Å². The van der Waals surface area contributed by atoms with Crippen molar-refractivity contribution >= 4 is 18.1 Å². The van der Waals surface area contributed by atoms with Crippen LogP contribution in [0.25, 0.3) is 0 Å². The van der Waals surface area contributed by atoms with Crippen molar-refractivity contribution in [1.29, 1.82) is 0 Å². The average Bonchev–Trinajstić information content (AvgIpc) is 2.63. The molecule has 2 aliphatic heterocycles. The molecule has 2 fully saturated rings. The Morgan fingerprint density at radius 3 is 2.39 bits per heavy atom. The van der Waals surface area contributed by atoms with Crippen LogP contribution in [0.3, 0.4) is 0 Å². The third-order valence-corrected chi connectivity index (χ3v) is 4.52. The lowest BCUT2D eigenvalue weighted by atomic mass is 10.2. The number of amides is 2. The van der Waals surface area contributed by atoms with E-state index in [0.29, 0.717) is 32.7 Å². The van der Waals surface area contributed by atoms with E-state index in [1.165, 1.54) is 0 Å². The monoisotopic (exact) mass is 317 g/mol. The van der Waals surface area contributed by atoms with Crippen LogP contribution >= 0.6 is 0 Å². The van der Waals surface area contributed by atoms with Gasteiger partial charge in [0.25, 0.3) is 0 Å². The molecule has 3 rings (SSSR count). The molecule has 0 unspecified atom stereocenters. The first-order valence-corrected chi connectivity index (χ1v) is 8.12. The van der Waals surface area contributed by atoms with Gasteiger partial charge in [-0.25, -0.2) is 4.98 Å². The van der Waals surface area contributed by atoms with Crippen LogP contribution in [0.15, 0.2) is 24.4 Å². The third-order valence-electron chi connectivity index (χ3n) is 4.52. The SMILES string of the molecule is O=CN1CCN(C(=O)CN2CCN(c3ccccn3)CC2)CC1. The van der Waals surface area contributed by atoms with E-state index < -0.39 is 0 Å². The number of pyridine rings is 1. The van der Waals surface area contributed by atoms with E-state index in [0.717, 1.165) is 38.4 Å². The van der Waals surface area contributed by atoms with Crippen LogP contribution in [0.1, 0.15) is 0 Å². The minimum absolute atomic E-state index is 0.168. The minimum atomic E-state index is 0.168. The van der Waals surface area contributed by atoms with Gasteiger partial charge in [-0.3, -0.25) is 14.5 Å². The van der Waals surface area contributed by atoms with Gasteiger partial charge in [-0.2, -0.15) is 0 Å². The summed E-state index contributed by atoms with van der Waals surface area (Å²) >= 11 is 0. The molecule has 1 aromatic rings. The first kappa shape index (κ1) is 15.7. The molecule has 0 radical (unpaired) electrons. The van der Waals surface area contributed by atoms with Crippen LogP contribution in [0.4, 0.5) is 5.82 Å². The van der Waals surface area contributed by atoms with E-state index in [-0.39, 0.29) is 5.91 Å². The van der Waals surface area contributed by atoms with Crippen molar-refractivity contribution in [3.05, 3.63) is 24.4 Å². The molecule has 124 valence electrons. The first-order valence-electron chi connectivity index (χ1n) is 8.12. The second kappa shape index (κ2) is 7.41. The van der Waals surface area contributed by atoms with Gasteiger partial charge in [0.1, 0.15) is 5.82 Å². The van der Waals surface area contributed by atoms with Crippen LogP contribution in [-0.2, 0) is 9.59 Å². The number of anilines is 1. The molecule has 0 bridgehead atoms. The van der Waals surface area contributed by atoms with Crippen molar-refractivity contribution in [2.45, 2.75) is 0 Å². The van der Waals surface area contributed by atoms with Gasteiger partial charge in [-0.05, 0) is 12.1 Å². The number of nitrogens with zero attached hydrogens (tertiary/aromatic N) is 5. The molecule has 7 heteroatoms. The zero-order valence-electron chi connectivity index (χ0n) is 13.3. The molecule has 0 saturated carbocycles.